The first-order valence-electron chi connectivity index (χ1n) is 9.15. The highest BCUT2D eigenvalue weighted by Gasteiger charge is 2.27. The smallest absolute Gasteiger partial charge is 0.411 e. The SMILES string of the molecule is Cc1cc(C(=O)NCC(=O)N2CCN(CCCOCC(F)(F)F)CC2)c(C)o1. The molecule has 1 aromatic rings. The summed E-state index contributed by atoms with van der Waals surface area (Å²) in [5, 5.41) is 2.61. The van der Waals surface area contributed by atoms with Crippen molar-refractivity contribution < 1.29 is 31.9 Å². The molecular weight excluding hydrogens is 379 g/mol. The average molecular weight is 405 g/mol. The number of carbonyl (C=O) groups is 2. The number of aryl methyl sites for hydroxylation is 2. The number of nitrogens with one attached hydrogen (secondary N) is 1. The maximum absolute atomic E-state index is 12.3. The summed E-state index contributed by atoms with van der Waals surface area (Å²) in [4.78, 5) is 28.1. The number of rotatable bonds is 8. The molecule has 0 spiro atoms. The molecule has 0 radical (unpaired) electrons. The van der Waals surface area contributed by atoms with Gasteiger partial charge >= 0.3 is 6.18 Å². The highest BCUT2D eigenvalue weighted by molar-refractivity contribution is 5.97. The summed E-state index contributed by atoms with van der Waals surface area (Å²) >= 11 is 0. The quantitative estimate of drug-likeness (QED) is 0.667. The Morgan fingerprint density at radius 2 is 1.89 bits per heavy atom. The molecule has 1 aliphatic rings. The van der Waals surface area contributed by atoms with Gasteiger partial charge in [0.2, 0.25) is 5.91 Å². The summed E-state index contributed by atoms with van der Waals surface area (Å²) in [5.74, 6) is 0.628. The van der Waals surface area contributed by atoms with E-state index in [-0.39, 0.29) is 25.0 Å². The van der Waals surface area contributed by atoms with Gasteiger partial charge in [0.05, 0.1) is 12.1 Å². The second-order valence-corrected chi connectivity index (χ2v) is 6.75. The third-order valence-corrected chi connectivity index (χ3v) is 4.44. The standard InChI is InChI=1S/C18H26F3N3O4/c1-13-10-15(14(2)28-13)17(26)22-11-16(25)24-7-5-23(6-8-24)4-3-9-27-12-18(19,20)21/h10H,3-9,11-12H2,1-2H3,(H,22,26). The largest absolute Gasteiger partial charge is 0.466 e. The Kier molecular flexibility index (Phi) is 7.88. The van der Waals surface area contributed by atoms with Gasteiger partial charge in [-0.3, -0.25) is 14.5 Å². The van der Waals surface area contributed by atoms with Crippen LogP contribution in [-0.2, 0) is 9.53 Å². The van der Waals surface area contributed by atoms with Gasteiger partial charge in [0, 0.05) is 39.3 Å². The Morgan fingerprint density at radius 1 is 1.21 bits per heavy atom. The van der Waals surface area contributed by atoms with Crippen LogP contribution in [0.3, 0.4) is 0 Å². The van der Waals surface area contributed by atoms with Crippen LogP contribution in [-0.4, -0.2) is 80.3 Å². The summed E-state index contributed by atoms with van der Waals surface area (Å²) in [5.41, 5.74) is 0.419. The van der Waals surface area contributed by atoms with Gasteiger partial charge < -0.3 is 19.4 Å². The van der Waals surface area contributed by atoms with Crippen LogP contribution in [0.15, 0.2) is 10.5 Å². The molecule has 28 heavy (non-hydrogen) atoms. The summed E-state index contributed by atoms with van der Waals surface area (Å²) in [6.07, 6.45) is -3.79. The Balaban J connectivity index is 1.62. The number of nitrogens with zero attached hydrogens (tertiary/aromatic N) is 2. The molecule has 1 fully saturated rings. The van der Waals surface area contributed by atoms with Crippen molar-refractivity contribution in [2.24, 2.45) is 0 Å². The average Bonchev–Trinajstić information content (AvgIpc) is 2.97. The van der Waals surface area contributed by atoms with Crippen LogP contribution in [0.2, 0.25) is 0 Å². The molecule has 7 nitrogen and oxygen atoms in total. The second-order valence-electron chi connectivity index (χ2n) is 6.75. The number of hydrogen-bond acceptors (Lipinski definition) is 5. The van der Waals surface area contributed by atoms with Crippen LogP contribution in [0, 0.1) is 13.8 Å². The second kappa shape index (κ2) is 9.92. The van der Waals surface area contributed by atoms with Crippen molar-refractivity contribution in [3.63, 3.8) is 0 Å². The van der Waals surface area contributed by atoms with Crippen LogP contribution in [0.4, 0.5) is 13.2 Å². The Bertz CT molecular complexity index is 668. The molecule has 1 saturated heterocycles. The molecule has 2 amide bonds. The van der Waals surface area contributed by atoms with Gasteiger partial charge in [0.25, 0.3) is 5.91 Å². The Hall–Kier alpha value is -2.07. The van der Waals surface area contributed by atoms with Crippen LogP contribution in [0.1, 0.15) is 28.3 Å². The first kappa shape index (κ1) is 22.2. The fraction of sp³-hybridized carbons (Fsp3) is 0.667. The normalized spacial score (nSPS) is 15.7. The highest BCUT2D eigenvalue weighted by atomic mass is 19.4. The van der Waals surface area contributed by atoms with E-state index < -0.39 is 12.8 Å². The van der Waals surface area contributed by atoms with Crippen molar-refractivity contribution in [1.29, 1.82) is 0 Å². The lowest BCUT2D eigenvalue weighted by molar-refractivity contribution is -0.174. The fourth-order valence-corrected chi connectivity index (χ4v) is 3.02. The zero-order chi connectivity index (χ0) is 20.7. The summed E-state index contributed by atoms with van der Waals surface area (Å²) < 4.78 is 45.8. The molecular formula is C18H26F3N3O4. The molecule has 1 aliphatic heterocycles. The number of piperazine rings is 1. The van der Waals surface area contributed by atoms with Gasteiger partial charge in [-0.2, -0.15) is 13.2 Å². The fourth-order valence-electron chi connectivity index (χ4n) is 3.02. The van der Waals surface area contributed by atoms with Crippen molar-refractivity contribution in [3.8, 4) is 0 Å². The molecule has 158 valence electrons. The van der Waals surface area contributed by atoms with E-state index in [4.69, 9.17) is 4.42 Å². The van der Waals surface area contributed by atoms with Gasteiger partial charge in [-0.05, 0) is 26.3 Å². The number of alkyl halides is 3. The molecule has 0 atom stereocenters. The predicted molar refractivity (Wildman–Crippen MR) is 95.0 cm³/mol. The molecule has 2 rings (SSSR count). The number of furan rings is 1. The Morgan fingerprint density at radius 3 is 2.46 bits per heavy atom. The van der Waals surface area contributed by atoms with Crippen molar-refractivity contribution >= 4 is 11.8 Å². The number of hydrogen-bond donors (Lipinski definition) is 1. The molecule has 10 heteroatoms. The van der Waals surface area contributed by atoms with Crippen LogP contribution in [0.25, 0.3) is 0 Å². The van der Waals surface area contributed by atoms with E-state index in [1.165, 1.54) is 0 Å². The van der Waals surface area contributed by atoms with Crippen LogP contribution in [0.5, 0.6) is 0 Å². The van der Waals surface area contributed by atoms with E-state index in [0.29, 0.717) is 56.2 Å². The van der Waals surface area contributed by atoms with Gasteiger partial charge in [-0.1, -0.05) is 0 Å². The Labute approximate surface area is 161 Å². The van der Waals surface area contributed by atoms with Gasteiger partial charge in [-0.25, -0.2) is 0 Å². The monoisotopic (exact) mass is 405 g/mol. The van der Waals surface area contributed by atoms with E-state index in [9.17, 15) is 22.8 Å². The van der Waals surface area contributed by atoms with Crippen LogP contribution < -0.4 is 5.32 Å². The molecule has 0 bridgehead atoms. The third-order valence-electron chi connectivity index (χ3n) is 4.44. The van der Waals surface area contributed by atoms with Gasteiger partial charge in [0.1, 0.15) is 18.1 Å². The third kappa shape index (κ3) is 7.16. The lowest BCUT2D eigenvalue weighted by Crippen LogP contribution is -2.51. The molecule has 0 saturated carbocycles. The van der Waals surface area contributed by atoms with Crippen molar-refractivity contribution in [3.05, 3.63) is 23.2 Å². The van der Waals surface area contributed by atoms with Crippen LogP contribution >= 0.6 is 0 Å². The lowest BCUT2D eigenvalue weighted by atomic mass is 10.2. The van der Waals surface area contributed by atoms with E-state index in [0.717, 1.165) is 0 Å². The summed E-state index contributed by atoms with van der Waals surface area (Å²) in [7, 11) is 0. The zero-order valence-electron chi connectivity index (χ0n) is 16.1. The molecule has 0 unspecified atom stereocenters. The lowest BCUT2D eigenvalue weighted by Gasteiger charge is -2.34. The number of amides is 2. The van der Waals surface area contributed by atoms with E-state index in [1.54, 1.807) is 24.8 Å². The topological polar surface area (TPSA) is 75.0 Å². The van der Waals surface area contributed by atoms with Gasteiger partial charge in [0.15, 0.2) is 0 Å². The van der Waals surface area contributed by atoms with Crippen molar-refractivity contribution in [1.82, 2.24) is 15.1 Å². The minimum Gasteiger partial charge on any atom is -0.466 e. The minimum absolute atomic E-state index is 0.0532. The van der Waals surface area contributed by atoms with Gasteiger partial charge in [-0.15, -0.1) is 0 Å². The van der Waals surface area contributed by atoms with E-state index >= 15 is 0 Å². The molecule has 0 aliphatic carbocycles. The van der Waals surface area contributed by atoms with Crippen molar-refractivity contribution in [2.75, 3.05) is 52.5 Å². The highest BCUT2D eigenvalue weighted by Crippen LogP contribution is 2.15. The molecule has 0 aromatic carbocycles. The zero-order valence-corrected chi connectivity index (χ0v) is 16.1. The van der Waals surface area contributed by atoms with Crippen molar-refractivity contribution in [2.45, 2.75) is 26.4 Å². The molecule has 1 aromatic heterocycles. The maximum atomic E-state index is 12.3. The predicted octanol–water partition coefficient (Wildman–Crippen LogP) is 1.74. The van der Waals surface area contributed by atoms with E-state index in [2.05, 4.69) is 15.0 Å². The molecule has 1 N–H and O–H groups in total. The molecule has 2 heterocycles. The number of ether oxygens (including phenoxy) is 1. The summed E-state index contributed by atoms with van der Waals surface area (Å²) in [6.45, 7) is 5.11. The first-order valence-corrected chi connectivity index (χ1v) is 9.15. The summed E-state index contributed by atoms with van der Waals surface area (Å²) in [6, 6.07) is 1.63. The van der Waals surface area contributed by atoms with E-state index in [1.807, 2.05) is 0 Å². The number of carbonyl (C=O) groups excluding carboxylic acids is 2. The first-order chi connectivity index (χ1) is 13.2. The maximum Gasteiger partial charge on any atom is 0.411 e. The minimum atomic E-state index is -4.30. The number of halogens is 3.